The molecule has 0 saturated heterocycles. The Morgan fingerprint density at radius 3 is 2.68 bits per heavy atom. The number of rotatable bonds is 5. The Morgan fingerprint density at radius 2 is 1.88 bits per heavy atom. The van der Waals surface area contributed by atoms with E-state index in [9.17, 15) is 9.18 Å². The third kappa shape index (κ3) is 4.04. The monoisotopic (exact) mass is 457 g/mol. The van der Waals surface area contributed by atoms with Gasteiger partial charge in [0.1, 0.15) is 17.3 Å². The van der Waals surface area contributed by atoms with E-state index in [1.165, 1.54) is 11.6 Å². The van der Waals surface area contributed by atoms with E-state index in [4.69, 9.17) is 4.98 Å². The zero-order valence-corrected chi connectivity index (χ0v) is 19.2. The first-order chi connectivity index (χ1) is 16.5. The van der Waals surface area contributed by atoms with Crippen molar-refractivity contribution in [3.8, 4) is 0 Å². The number of benzene rings is 1. The Kier molecular flexibility index (Phi) is 5.27. The molecule has 1 aromatic carbocycles. The number of hydrogen-bond donors (Lipinski definition) is 2. The van der Waals surface area contributed by atoms with Gasteiger partial charge in [-0.3, -0.25) is 9.78 Å². The average Bonchev–Trinajstić information content (AvgIpc) is 3.57. The summed E-state index contributed by atoms with van der Waals surface area (Å²) >= 11 is 0. The number of hydrogen-bond acceptors (Lipinski definition) is 4. The van der Waals surface area contributed by atoms with E-state index in [1.807, 2.05) is 6.20 Å². The summed E-state index contributed by atoms with van der Waals surface area (Å²) in [4.78, 5) is 29.3. The number of carbonyl (C=O) groups excluding carboxylic acids is 1. The lowest BCUT2D eigenvalue weighted by Gasteiger charge is -2.32. The Balaban J connectivity index is 1.16. The SMILES string of the molecule is C[C@H](c1nc2cc(C(=O)NC3CC3)ncc2[nH]1)C1CCC(c2ccnc3ccc(F)cc23)CC1. The van der Waals surface area contributed by atoms with Crippen LogP contribution in [-0.4, -0.2) is 31.9 Å². The van der Waals surface area contributed by atoms with Gasteiger partial charge < -0.3 is 10.3 Å². The van der Waals surface area contributed by atoms with E-state index in [0.717, 1.165) is 66.3 Å². The molecule has 4 aromatic rings. The fourth-order valence-electron chi connectivity index (χ4n) is 5.41. The van der Waals surface area contributed by atoms with E-state index in [1.54, 1.807) is 24.4 Å². The van der Waals surface area contributed by atoms with Gasteiger partial charge in [-0.2, -0.15) is 0 Å². The second-order valence-electron chi connectivity index (χ2n) is 9.92. The minimum atomic E-state index is -0.211. The van der Waals surface area contributed by atoms with Crippen LogP contribution in [0.1, 0.15) is 79.2 Å². The number of aromatic nitrogens is 4. The standard InChI is InChI=1S/C27H28FN5O/c1-15(26-32-23-13-24(30-14-25(23)33-26)27(34)31-19-7-8-19)16-2-4-17(5-3-16)20-10-11-29-22-9-6-18(28)12-21(20)22/h6,9-17,19H,2-5,7-8H2,1H3,(H,31,34)(H,32,33)/t15-,16?,17?/m0/s1. The fraction of sp³-hybridized carbons (Fsp3) is 0.407. The van der Waals surface area contributed by atoms with Gasteiger partial charge in [-0.15, -0.1) is 0 Å². The Bertz CT molecular complexity index is 1370. The summed E-state index contributed by atoms with van der Waals surface area (Å²) in [6.07, 6.45) is 9.97. The molecule has 2 fully saturated rings. The molecule has 3 aromatic heterocycles. The molecule has 1 amide bonds. The van der Waals surface area contributed by atoms with Crippen LogP contribution in [0, 0.1) is 11.7 Å². The molecule has 0 bridgehead atoms. The van der Waals surface area contributed by atoms with Crippen LogP contribution in [-0.2, 0) is 0 Å². The van der Waals surface area contributed by atoms with Crippen molar-refractivity contribution in [3.05, 3.63) is 65.6 Å². The van der Waals surface area contributed by atoms with Crippen molar-refractivity contribution in [1.82, 2.24) is 25.3 Å². The number of nitrogens with zero attached hydrogens (tertiary/aromatic N) is 3. The normalized spacial score (nSPS) is 21.6. The molecule has 174 valence electrons. The Morgan fingerprint density at radius 1 is 1.06 bits per heavy atom. The molecule has 2 aliphatic rings. The van der Waals surface area contributed by atoms with Crippen LogP contribution in [0.15, 0.2) is 42.7 Å². The van der Waals surface area contributed by atoms with Gasteiger partial charge in [-0.25, -0.2) is 14.4 Å². The number of aromatic amines is 1. The molecule has 0 spiro atoms. The summed E-state index contributed by atoms with van der Waals surface area (Å²) < 4.78 is 13.9. The van der Waals surface area contributed by atoms with Gasteiger partial charge in [0.25, 0.3) is 5.91 Å². The maximum atomic E-state index is 13.9. The molecule has 3 heterocycles. The molecule has 2 aliphatic carbocycles. The molecule has 34 heavy (non-hydrogen) atoms. The molecule has 0 radical (unpaired) electrons. The van der Waals surface area contributed by atoms with Crippen LogP contribution in [0.3, 0.4) is 0 Å². The molecule has 2 N–H and O–H groups in total. The van der Waals surface area contributed by atoms with Crippen LogP contribution >= 0.6 is 0 Å². The highest BCUT2D eigenvalue weighted by Gasteiger charge is 2.29. The maximum absolute atomic E-state index is 13.9. The Labute approximate surface area is 197 Å². The van der Waals surface area contributed by atoms with Gasteiger partial charge in [-0.05, 0) is 86.3 Å². The minimum Gasteiger partial charge on any atom is -0.348 e. The third-order valence-corrected chi connectivity index (χ3v) is 7.62. The largest absolute Gasteiger partial charge is 0.348 e. The zero-order valence-electron chi connectivity index (χ0n) is 19.2. The number of fused-ring (bicyclic) bond motifs is 2. The van der Waals surface area contributed by atoms with Crippen molar-refractivity contribution in [2.45, 2.75) is 63.3 Å². The van der Waals surface area contributed by atoms with Crippen LogP contribution in [0.25, 0.3) is 21.9 Å². The zero-order chi connectivity index (χ0) is 23.2. The second-order valence-corrected chi connectivity index (χ2v) is 9.92. The number of amides is 1. The lowest BCUT2D eigenvalue weighted by Crippen LogP contribution is -2.26. The number of carbonyl (C=O) groups is 1. The maximum Gasteiger partial charge on any atom is 0.270 e. The topological polar surface area (TPSA) is 83.6 Å². The number of pyridine rings is 2. The molecule has 7 heteroatoms. The van der Waals surface area contributed by atoms with Gasteiger partial charge in [0.15, 0.2) is 0 Å². The number of nitrogens with one attached hydrogen (secondary N) is 2. The van der Waals surface area contributed by atoms with Crippen LogP contribution in [0.4, 0.5) is 4.39 Å². The van der Waals surface area contributed by atoms with Crippen molar-refractivity contribution >= 4 is 27.8 Å². The second kappa shape index (κ2) is 8.46. The molecule has 1 atom stereocenters. The summed E-state index contributed by atoms with van der Waals surface area (Å²) in [5.41, 5.74) is 4.14. The van der Waals surface area contributed by atoms with Crippen molar-refractivity contribution in [2.75, 3.05) is 0 Å². The van der Waals surface area contributed by atoms with E-state index >= 15 is 0 Å². The van der Waals surface area contributed by atoms with Gasteiger partial charge in [0.05, 0.1) is 22.7 Å². The van der Waals surface area contributed by atoms with Crippen LogP contribution in [0.5, 0.6) is 0 Å². The lowest BCUT2D eigenvalue weighted by atomic mass is 9.73. The molecule has 0 unspecified atom stereocenters. The Hall–Kier alpha value is -3.35. The fourth-order valence-corrected chi connectivity index (χ4v) is 5.41. The van der Waals surface area contributed by atoms with Crippen molar-refractivity contribution in [1.29, 1.82) is 0 Å². The summed E-state index contributed by atoms with van der Waals surface area (Å²) in [6.45, 7) is 2.23. The van der Waals surface area contributed by atoms with Crippen molar-refractivity contribution < 1.29 is 9.18 Å². The molecule has 2 saturated carbocycles. The lowest BCUT2D eigenvalue weighted by molar-refractivity contribution is 0.0946. The van der Waals surface area contributed by atoms with Gasteiger partial charge in [-0.1, -0.05) is 6.92 Å². The van der Waals surface area contributed by atoms with Gasteiger partial charge in [0.2, 0.25) is 0 Å². The molecular formula is C27H28FN5O. The van der Waals surface area contributed by atoms with E-state index in [0.29, 0.717) is 23.6 Å². The average molecular weight is 458 g/mol. The van der Waals surface area contributed by atoms with E-state index in [2.05, 4.69) is 33.3 Å². The van der Waals surface area contributed by atoms with E-state index < -0.39 is 0 Å². The molecule has 0 aliphatic heterocycles. The third-order valence-electron chi connectivity index (χ3n) is 7.62. The number of halogens is 1. The first-order valence-electron chi connectivity index (χ1n) is 12.3. The predicted octanol–water partition coefficient (Wildman–Crippen LogP) is 5.61. The van der Waals surface area contributed by atoms with Crippen LogP contribution < -0.4 is 5.32 Å². The predicted molar refractivity (Wildman–Crippen MR) is 129 cm³/mol. The first-order valence-corrected chi connectivity index (χ1v) is 12.3. The van der Waals surface area contributed by atoms with Crippen molar-refractivity contribution in [2.24, 2.45) is 5.92 Å². The van der Waals surface area contributed by atoms with Gasteiger partial charge >= 0.3 is 0 Å². The summed E-state index contributed by atoms with van der Waals surface area (Å²) in [5, 5.41) is 3.92. The quantitative estimate of drug-likeness (QED) is 0.408. The smallest absolute Gasteiger partial charge is 0.270 e. The minimum absolute atomic E-state index is 0.121. The van der Waals surface area contributed by atoms with E-state index in [-0.39, 0.29) is 17.6 Å². The number of H-pyrrole nitrogens is 1. The van der Waals surface area contributed by atoms with Crippen LogP contribution in [0.2, 0.25) is 0 Å². The highest BCUT2D eigenvalue weighted by Crippen LogP contribution is 2.43. The summed E-state index contributed by atoms with van der Waals surface area (Å²) in [5.74, 6) is 1.84. The summed E-state index contributed by atoms with van der Waals surface area (Å²) in [6, 6.07) is 9.00. The summed E-state index contributed by atoms with van der Waals surface area (Å²) in [7, 11) is 0. The number of imidazole rings is 1. The molecule has 6 rings (SSSR count). The van der Waals surface area contributed by atoms with Crippen molar-refractivity contribution in [3.63, 3.8) is 0 Å². The highest BCUT2D eigenvalue weighted by molar-refractivity contribution is 5.95. The molecule has 6 nitrogen and oxygen atoms in total. The first kappa shape index (κ1) is 21.2. The van der Waals surface area contributed by atoms with Gasteiger partial charge in [0, 0.05) is 23.5 Å². The highest BCUT2D eigenvalue weighted by atomic mass is 19.1. The molecular weight excluding hydrogens is 429 g/mol.